The highest BCUT2D eigenvalue weighted by Gasteiger charge is 2.70. The average molecular weight is 515 g/mol. The summed E-state index contributed by atoms with van der Waals surface area (Å²) in [7, 11) is 0. The van der Waals surface area contributed by atoms with E-state index in [9.17, 15) is 29.4 Å². The number of carboxylic acids is 1. The molecule has 0 aromatic carbocycles. The molecule has 0 radical (unpaired) electrons. The zero-order chi connectivity index (χ0) is 27.9. The Kier molecular flexibility index (Phi) is 6.56. The first-order chi connectivity index (χ1) is 16.9. The number of aliphatic carboxylic acids is 1. The van der Waals surface area contributed by atoms with Crippen LogP contribution in [0.2, 0.25) is 0 Å². The van der Waals surface area contributed by atoms with Gasteiger partial charge in [0, 0.05) is 41.2 Å². The second-order valence-electron chi connectivity index (χ2n) is 13.5. The van der Waals surface area contributed by atoms with Crippen molar-refractivity contribution in [3.63, 3.8) is 0 Å². The summed E-state index contributed by atoms with van der Waals surface area (Å²) in [6.45, 7) is 13.1. The lowest BCUT2D eigenvalue weighted by molar-refractivity contribution is -0.146. The number of allylic oxidation sites excluding steroid dienone is 1. The molecule has 1 unspecified atom stereocenters. The quantitative estimate of drug-likeness (QED) is 0.472. The third-order valence-corrected chi connectivity index (χ3v) is 11.2. The van der Waals surface area contributed by atoms with Gasteiger partial charge in [-0.25, -0.2) is 4.79 Å². The Morgan fingerprint density at radius 2 is 1.73 bits per heavy atom. The fourth-order valence-corrected chi connectivity index (χ4v) is 8.89. The van der Waals surface area contributed by atoms with Crippen LogP contribution >= 0.6 is 0 Å². The van der Waals surface area contributed by atoms with Crippen LogP contribution in [0.1, 0.15) is 87.0 Å². The van der Waals surface area contributed by atoms with E-state index in [0.29, 0.717) is 30.4 Å². The van der Waals surface area contributed by atoms with Gasteiger partial charge in [-0.05, 0) is 67.9 Å². The number of carbonyl (C=O) groups is 4. The van der Waals surface area contributed by atoms with Gasteiger partial charge in [0.15, 0.2) is 5.78 Å². The van der Waals surface area contributed by atoms with Crippen LogP contribution in [0.5, 0.6) is 0 Å². The molecule has 0 aromatic rings. The Balaban J connectivity index is 1.77. The highest BCUT2D eigenvalue weighted by atomic mass is 16.4. The summed E-state index contributed by atoms with van der Waals surface area (Å²) in [5.74, 6) is -1.52. The molecule has 0 aliphatic heterocycles. The Labute approximate surface area is 219 Å². The zero-order valence-electron chi connectivity index (χ0n) is 23.2. The predicted molar refractivity (Wildman–Crippen MR) is 137 cm³/mol. The normalized spacial score (nSPS) is 41.2. The van der Waals surface area contributed by atoms with Crippen LogP contribution in [0.25, 0.3) is 0 Å². The van der Waals surface area contributed by atoms with E-state index in [4.69, 9.17) is 5.11 Å². The van der Waals surface area contributed by atoms with Crippen LogP contribution in [-0.2, 0) is 19.2 Å². The molecular formula is C30H42O7. The summed E-state index contributed by atoms with van der Waals surface area (Å²) < 4.78 is 0. The third-order valence-electron chi connectivity index (χ3n) is 11.2. The van der Waals surface area contributed by atoms with E-state index >= 15 is 0 Å². The molecule has 0 aromatic heterocycles. The van der Waals surface area contributed by atoms with Crippen molar-refractivity contribution in [1.82, 2.24) is 0 Å². The van der Waals surface area contributed by atoms with Crippen LogP contribution in [0, 0.1) is 39.4 Å². The molecule has 2 saturated carbocycles. The Hall–Kier alpha value is -2.12. The Morgan fingerprint density at radius 3 is 2.32 bits per heavy atom. The molecule has 4 rings (SSSR count). The minimum Gasteiger partial charge on any atom is -0.478 e. The van der Waals surface area contributed by atoms with Gasteiger partial charge in [0.05, 0.1) is 17.6 Å². The standard InChI is InChI=1S/C30H42O7/c1-15(10-17(31)11-16(2)26(36)37)18-12-23(35)30(7)25-19(32)13-21-27(3,4)22(34)8-9-28(21,5)24(25)20(33)14-29(18,30)6/h11,15,17-19,21,31-32H,8-10,12-14H2,1-7H3,(H,36,37)/b16-11+/t15-,17+,18-,19+,21?,28+,29-,30+/m1/s1. The largest absolute Gasteiger partial charge is 0.478 e. The molecule has 3 N–H and O–H groups in total. The lowest BCUT2D eigenvalue weighted by Gasteiger charge is -2.60. The number of fused-ring (bicyclic) bond motifs is 4. The van der Waals surface area contributed by atoms with E-state index in [0.717, 1.165) is 0 Å². The number of hydrogen-bond donors (Lipinski definition) is 3. The molecular weight excluding hydrogens is 472 g/mol. The summed E-state index contributed by atoms with van der Waals surface area (Å²) in [4.78, 5) is 51.9. The minimum atomic E-state index is -1.09. The fraction of sp³-hybridized carbons (Fsp3) is 0.733. The summed E-state index contributed by atoms with van der Waals surface area (Å²) >= 11 is 0. The van der Waals surface area contributed by atoms with Crippen molar-refractivity contribution in [1.29, 1.82) is 0 Å². The number of carboxylic acid groups (broad SMARTS) is 1. The maximum atomic E-state index is 14.0. The summed E-state index contributed by atoms with van der Waals surface area (Å²) in [5.41, 5.74) is -1.80. The van der Waals surface area contributed by atoms with Crippen LogP contribution in [0.3, 0.4) is 0 Å². The van der Waals surface area contributed by atoms with Crippen molar-refractivity contribution in [2.45, 2.75) is 99.2 Å². The fourth-order valence-electron chi connectivity index (χ4n) is 8.89. The van der Waals surface area contributed by atoms with Gasteiger partial charge in [-0.2, -0.15) is 0 Å². The molecule has 4 aliphatic carbocycles. The van der Waals surface area contributed by atoms with E-state index in [-0.39, 0.29) is 59.9 Å². The number of aliphatic hydroxyl groups is 2. The minimum absolute atomic E-state index is 0.00541. The predicted octanol–water partition coefficient (Wildman–Crippen LogP) is 4.05. The molecule has 0 amide bonds. The number of aliphatic hydroxyl groups excluding tert-OH is 2. The van der Waals surface area contributed by atoms with E-state index < -0.39 is 39.8 Å². The number of hydrogen-bond acceptors (Lipinski definition) is 6. The number of rotatable bonds is 5. The number of carbonyl (C=O) groups excluding carboxylic acids is 3. The van der Waals surface area contributed by atoms with Crippen molar-refractivity contribution >= 4 is 23.3 Å². The van der Waals surface area contributed by atoms with Gasteiger partial charge in [-0.1, -0.05) is 34.6 Å². The smallest absolute Gasteiger partial charge is 0.331 e. The lowest BCUT2D eigenvalue weighted by atomic mass is 9.42. The molecule has 37 heavy (non-hydrogen) atoms. The molecule has 0 spiro atoms. The van der Waals surface area contributed by atoms with E-state index in [1.807, 2.05) is 41.5 Å². The topological polar surface area (TPSA) is 129 Å². The van der Waals surface area contributed by atoms with Gasteiger partial charge in [0.2, 0.25) is 0 Å². The molecule has 7 heteroatoms. The molecule has 8 atom stereocenters. The Bertz CT molecular complexity index is 1130. The van der Waals surface area contributed by atoms with Crippen LogP contribution in [0.4, 0.5) is 0 Å². The van der Waals surface area contributed by atoms with E-state index in [1.54, 1.807) is 0 Å². The highest BCUT2D eigenvalue weighted by molar-refractivity contribution is 6.05. The molecule has 0 bridgehead atoms. The monoisotopic (exact) mass is 514 g/mol. The highest BCUT2D eigenvalue weighted by Crippen LogP contribution is 2.70. The van der Waals surface area contributed by atoms with Gasteiger partial charge in [-0.15, -0.1) is 0 Å². The van der Waals surface area contributed by atoms with Crippen molar-refractivity contribution in [3.05, 3.63) is 22.8 Å². The van der Waals surface area contributed by atoms with Gasteiger partial charge < -0.3 is 15.3 Å². The lowest BCUT2D eigenvalue weighted by Crippen LogP contribution is -2.60. The first-order valence-electron chi connectivity index (χ1n) is 13.6. The number of ketones is 3. The zero-order valence-corrected chi connectivity index (χ0v) is 23.2. The SMILES string of the molecule is C/C(=C\[C@@H](O)C[C@@H](C)[C@H]1CC(=O)[C@@]2(C)C3=C(C(=O)C[C@]12C)[C@@]1(C)CCC(=O)C(C)(C)C1C[C@@H]3O)C(=O)O. The second kappa shape index (κ2) is 8.70. The maximum Gasteiger partial charge on any atom is 0.331 e. The summed E-state index contributed by atoms with van der Waals surface area (Å²) in [6.07, 6.45) is 1.32. The van der Waals surface area contributed by atoms with Crippen LogP contribution in [0.15, 0.2) is 22.8 Å². The second-order valence-corrected chi connectivity index (χ2v) is 13.5. The molecule has 0 saturated heterocycles. The number of Topliss-reactive ketones (excluding diaryl/α,β-unsaturated/α-hetero) is 3. The molecule has 4 aliphatic rings. The van der Waals surface area contributed by atoms with E-state index in [1.165, 1.54) is 13.0 Å². The third kappa shape index (κ3) is 3.75. The van der Waals surface area contributed by atoms with Crippen molar-refractivity contribution in [2.24, 2.45) is 39.4 Å². The Morgan fingerprint density at radius 1 is 1.11 bits per heavy atom. The first-order valence-corrected chi connectivity index (χ1v) is 13.6. The van der Waals surface area contributed by atoms with Crippen LogP contribution in [-0.4, -0.2) is 50.8 Å². The van der Waals surface area contributed by atoms with Crippen molar-refractivity contribution < 1.29 is 34.5 Å². The maximum absolute atomic E-state index is 14.0. The average Bonchev–Trinajstić information content (AvgIpc) is 2.99. The molecule has 2 fully saturated rings. The summed E-state index contributed by atoms with van der Waals surface area (Å²) in [6, 6.07) is 0. The van der Waals surface area contributed by atoms with Gasteiger partial charge in [-0.3, -0.25) is 14.4 Å². The first kappa shape index (κ1) is 27.9. The van der Waals surface area contributed by atoms with Crippen molar-refractivity contribution in [2.75, 3.05) is 0 Å². The van der Waals surface area contributed by atoms with Crippen molar-refractivity contribution in [3.8, 4) is 0 Å². The van der Waals surface area contributed by atoms with E-state index in [2.05, 4.69) is 0 Å². The van der Waals surface area contributed by atoms with Gasteiger partial charge >= 0.3 is 5.97 Å². The molecule has 0 heterocycles. The van der Waals surface area contributed by atoms with Gasteiger partial charge in [0.25, 0.3) is 0 Å². The molecule has 7 nitrogen and oxygen atoms in total. The van der Waals surface area contributed by atoms with Gasteiger partial charge in [0.1, 0.15) is 11.6 Å². The van der Waals surface area contributed by atoms with Crippen LogP contribution < -0.4 is 0 Å². The summed E-state index contributed by atoms with van der Waals surface area (Å²) in [5, 5.41) is 31.3. The molecule has 204 valence electrons.